The molecule has 74 valence electrons. The first-order chi connectivity index (χ1) is 6.22. The summed E-state index contributed by atoms with van der Waals surface area (Å²) in [7, 11) is 3.89. The highest BCUT2D eigenvalue weighted by molar-refractivity contribution is 5.02. The van der Waals surface area contributed by atoms with Crippen molar-refractivity contribution in [2.45, 2.75) is 13.1 Å². The van der Waals surface area contributed by atoms with Gasteiger partial charge in [0.1, 0.15) is 0 Å². The molecular formula is C8H16N4O. The van der Waals surface area contributed by atoms with Crippen LogP contribution >= 0.6 is 0 Å². The van der Waals surface area contributed by atoms with Crippen LogP contribution < -0.4 is 5.43 Å². The Morgan fingerprint density at radius 3 is 3.00 bits per heavy atom. The van der Waals surface area contributed by atoms with Gasteiger partial charge in [0, 0.05) is 32.4 Å². The number of aromatic nitrogens is 2. The summed E-state index contributed by atoms with van der Waals surface area (Å²) in [5.74, 6) is 0. The quantitative estimate of drug-likeness (QED) is 0.602. The lowest BCUT2D eigenvalue weighted by atomic mass is 10.4. The van der Waals surface area contributed by atoms with Crippen molar-refractivity contribution >= 4 is 0 Å². The van der Waals surface area contributed by atoms with Crippen LogP contribution in [0.2, 0.25) is 0 Å². The third kappa shape index (κ3) is 3.54. The monoisotopic (exact) mass is 184 g/mol. The fraction of sp³-hybridized carbons (Fsp3) is 0.625. The summed E-state index contributed by atoms with van der Waals surface area (Å²) in [5.41, 5.74) is 4.25. The average Bonchev–Trinajstić information content (AvgIpc) is 2.50. The average molecular weight is 184 g/mol. The summed E-state index contributed by atoms with van der Waals surface area (Å²) in [6.45, 7) is 1.45. The zero-order valence-corrected chi connectivity index (χ0v) is 8.06. The van der Waals surface area contributed by atoms with Gasteiger partial charge in [-0.05, 0) is 0 Å². The molecule has 1 rings (SSSR count). The van der Waals surface area contributed by atoms with Gasteiger partial charge < -0.3 is 5.11 Å². The van der Waals surface area contributed by atoms with E-state index in [0.29, 0.717) is 6.54 Å². The Hall–Kier alpha value is -0.910. The first-order valence-corrected chi connectivity index (χ1v) is 4.25. The van der Waals surface area contributed by atoms with Crippen LogP contribution in [-0.4, -0.2) is 40.6 Å². The Kier molecular flexibility index (Phi) is 3.88. The Morgan fingerprint density at radius 1 is 1.62 bits per heavy atom. The van der Waals surface area contributed by atoms with Crippen molar-refractivity contribution in [3.05, 3.63) is 18.0 Å². The smallest absolute Gasteiger partial charge is 0.0640 e. The zero-order chi connectivity index (χ0) is 9.68. The van der Waals surface area contributed by atoms with Gasteiger partial charge >= 0.3 is 0 Å². The molecule has 1 aromatic heterocycles. The second-order valence-electron chi connectivity index (χ2n) is 3.06. The molecule has 13 heavy (non-hydrogen) atoms. The minimum atomic E-state index is 0.127. The van der Waals surface area contributed by atoms with Crippen LogP contribution in [0.5, 0.6) is 0 Å². The first-order valence-electron chi connectivity index (χ1n) is 4.25. The molecule has 0 saturated carbocycles. The van der Waals surface area contributed by atoms with E-state index in [1.165, 1.54) is 0 Å². The molecule has 0 aliphatic heterocycles. The lowest BCUT2D eigenvalue weighted by Gasteiger charge is -2.09. The maximum absolute atomic E-state index is 8.66. The van der Waals surface area contributed by atoms with E-state index >= 15 is 0 Å². The van der Waals surface area contributed by atoms with E-state index in [2.05, 4.69) is 10.5 Å². The highest BCUT2D eigenvalue weighted by Crippen LogP contribution is 1.96. The highest BCUT2D eigenvalue weighted by atomic mass is 16.3. The third-order valence-corrected chi connectivity index (χ3v) is 1.62. The van der Waals surface area contributed by atoms with E-state index in [-0.39, 0.29) is 6.61 Å². The van der Waals surface area contributed by atoms with Crippen LogP contribution in [0.3, 0.4) is 0 Å². The van der Waals surface area contributed by atoms with Crippen LogP contribution in [0.15, 0.2) is 12.4 Å². The lowest BCUT2D eigenvalue weighted by Crippen LogP contribution is -2.29. The van der Waals surface area contributed by atoms with Crippen molar-refractivity contribution in [3.63, 3.8) is 0 Å². The van der Waals surface area contributed by atoms with Gasteiger partial charge in [0.05, 0.1) is 19.3 Å². The predicted molar refractivity (Wildman–Crippen MR) is 49.8 cm³/mol. The van der Waals surface area contributed by atoms with Crippen LogP contribution in [0.1, 0.15) is 5.56 Å². The molecule has 0 aliphatic rings. The molecule has 0 aromatic carbocycles. The molecule has 0 spiro atoms. The molecule has 5 heteroatoms. The molecule has 0 aliphatic carbocycles. The van der Waals surface area contributed by atoms with E-state index in [9.17, 15) is 0 Å². The largest absolute Gasteiger partial charge is 0.394 e. The van der Waals surface area contributed by atoms with Gasteiger partial charge in [-0.25, -0.2) is 0 Å². The minimum absolute atomic E-state index is 0.127. The molecule has 0 amide bonds. The van der Waals surface area contributed by atoms with Gasteiger partial charge in [0.15, 0.2) is 0 Å². The van der Waals surface area contributed by atoms with Crippen LogP contribution in [0.25, 0.3) is 0 Å². The maximum Gasteiger partial charge on any atom is 0.0640 e. The molecule has 0 atom stereocenters. The maximum atomic E-state index is 8.66. The fourth-order valence-corrected chi connectivity index (χ4v) is 0.972. The van der Waals surface area contributed by atoms with Crippen LogP contribution in [-0.2, 0) is 13.1 Å². The summed E-state index contributed by atoms with van der Waals surface area (Å²) in [6.07, 6.45) is 3.72. The number of hydrogen-bond acceptors (Lipinski definition) is 4. The van der Waals surface area contributed by atoms with E-state index in [4.69, 9.17) is 5.11 Å². The van der Waals surface area contributed by atoms with Crippen molar-refractivity contribution < 1.29 is 5.11 Å². The first kappa shape index (κ1) is 10.2. The number of hydrogen-bond donors (Lipinski definition) is 2. The summed E-state index contributed by atoms with van der Waals surface area (Å²) in [4.78, 5) is 0. The van der Waals surface area contributed by atoms with Gasteiger partial charge in [0.25, 0.3) is 0 Å². The molecule has 0 bridgehead atoms. The molecule has 2 N–H and O–H groups in total. The summed E-state index contributed by atoms with van der Waals surface area (Å²) in [5, 5.41) is 14.6. The van der Waals surface area contributed by atoms with Crippen molar-refractivity contribution in [2.24, 2.45) is 0 Å². The van der Waals surface area contributed by atoms with E-state index in [1.807, 2.05) is 25.3 Å². The normalized spacial score (nSPS) is 11.1. The minimum Gasteiger partial charge on any atom is -0.394 e. The lowest BCUT2D eigenvalue weighted by molar-refractivity contribution is 0.269. The highest BCUT2D eigenvalue weighted by Gasteiger charge is 1.97. The summed E-state index contributed by atoms with van der Waals surface area (Å²) >= 11 is 0. The SMILES string of the molecule is CN(C)NCc1cnn(CCO)c1. The van der Waals surface area contributed by atoms with E-state index in [0.717, 1.165) is 12.1 Å². The fourth-order valence-electron chi connectivity index (χ4n) is 0.972. The van der Waals surface area contributed by atoms with E-state index in [1.54, 1.807) is 10.9 Å². The number of aliphatic hydroxyl groups is 1. The Morgan fingerprint density at radius 2 is 2.38 bits per heavy atom. The predicted octanol–water partition coefficient (Wildman–Crippen LogP) is -0.558. The molecule has 0 unspecified atom stereocenters. The number of aliphatic hydroxyl groups excluding tert-OH is 1. The Bertz CT molecular complexity index is 246. The van der Waals surface area contributed by atoms with Gasteiger partial charge in [-0.1, -0.05) is 0 Å². The van der Waals surface area contributed by atoms with Gasteiger partial charge in [-0.3, -0.25) is 15.1 Å². The second-order valence-corrected chi connectivity index (χ2v) is 3.06. The van der Waals surface area contributed by atoms with Crippen molar-refractivity contribution in [1.29, 1.82) is 0 Å². The molecule has 0 fully saturated rings. The Labute approximate surface area is 77.9 Å². The topological polar surface area (TPSA) is 53.3 Å². The van der Waals surface area contributed by atoms with Crippen molar-refractivity contribution in [3.8, 4) is 0 Å². The molecular weight excluding hydrogens is 168 g/mol. The number of rotatable bonds is 5. The number of nitrogens with zero attached hydrogens (tertiary/aromatic N) is 3. The molecule has 1 heterocycles. The third-order valence-electron chi connectivity index (χ3n) is 1.62. The number of hydrazine groups is 1. The molecule has 5 nitrogen and oxygen atoms in total. The van der Waals surface area contributed by atoms with Crippen molar-refractivity contribution in [2.75, 3.05) is 20.7 Å². The zero-order valence-electron chi connectivity index (χ0n) is 8.06. The van der Waals surface area contributed by atoms with Gasteiger partial charge in [0.2, 0.25) is 0 Å². The Balaban J connectivity index is 2.39. The molecule has 0 radical (unpaired) electrons. The molecule has 1 aromatic rings. The summed E-state index contributed by atoms with van der Waals surface area (Å²) in [6, 6.07) is 0. The van der Waals surface area contributed by atoms with Gasteiger partial charge in [-0.2, -0.15) is 5.10 Å². The van der Waals surface area contributed by atoms with E-state index < -0.39 is 0 Å². The standard InChI is InChI=1S/C8H16N4O/c1-11(2)9-5-8-6-10-12(7-8)3-4-13/h6-7,9,13H,3-5H2,1-2H3. The van der Waals surface area contributed by atoms with Crippen molar-refractivity contribution in [1.82, 2.24) is 20.2 Å². The van der Waals surface area contributed by atoms with Crippen LogP contribution in [0, 0.1) is 0 Å². The van der Waals surface area contributed by atoms with Crippen LogP contribution in [0.4, 0.5) is 0 Å². The second kappa shape index (κ2) is 4.96. The van der Waals surface area contributed by atoms with Gasteiger partial charge in [-0.15, -0.1) is 0 Å². The molecule has 0 saturated heterocycles. The number of nitrogens with one attached hydrogen (secondary N) is 1. The summed E-state index contributed by atoms with van der Waals surface area (Å²) < 4.78 is 1.73.